The van der Waals surface area contributed by atoms with E-state index in [0.29, 0.717) is 17.5 Å². The van der Waals surface area contributed by atoms with E-state index in [2.05, 4.69) is 138 Å². The van der Waals surface area contributed by atoms with Gasteiger partial charge < -0.3 is 0 Å². The van der Waals surface area contributed by atoms with Crippen molar-refractivity contribution in [3.05, 3.63) is 164 Å². The molecule has 0 spiro atoms. The second-order valence-electron chi connectivity index (χ2n) is 12.3. The molecule has 0 unspecified atom stereocenters. The highest BCUT2D eigenvalue weighted by Gasteiger charge is 2.25. The third-order valence-corrected chi connectivity index (χ3v) is 9.41. The SMILES string of the molecule is c1ccc(-c2nc(-c3ccc(-c4nc5cccc6c5n4-c4ccccc4-c4ccccc4-6)cc3)nc(-c3ccc4ccccc4c3)n2)cc1. The van der Waals surface area contributed by atoms with Crippen LogP contribution in [0.1, 0.15) is 0 Å². The van der Waals surface area contributed by atoms with Gasteiger partial charge >= 0.3 is 0 Å². The third kappa shape index (κ3) is 4.48. The van der Waals surface area contributed by atoms with Crippen molar-refractivity contribution in [3.63, 3.8) is 0 Å². The predicted molar refractivity (Wildman–Crippen MR) is 198 cm³/mol. The molecule has 3 heterocycles. The Morgan fingerprint density at radius 2 is 0.898 bits per heavy atom. The summed E-state index contributed by atoms with van der Waals surface area (Å²) in [6.45, 7) is 0. The highest BCUT2D eigenvalue weighted by atomic mass is 15.1. The van der Waals surface area contributed by atoms with E-state index < -0.39 is 0 Å². The first-order valence-corrected chi connectivity index (χ1v) is 16.4. The first-order valence-electron chi connectivity index (χ1n) is 16.4. The normalized spacial score (nSPS) is 11.7. The lowest BCUT2D eigenvalue weighted by molar-refractivity contribution is 1.07. The van der Waals surface area contributed by atoms with Crippen molar-refractivity contribution < 1.29 is 0 Å². The van der Waals surface area contributed by atoms with Gasteiger partial charge in [-0.3, -0.25) is 4.57 Å². The van der Waals surface area contributed by atoms with Crippen LogP contribution in [0, 0.1) is 0 Å². The van der Waals surface area contributed by atoms with Crippen molar-refractivity contribution in [1.82, 2.24) is 24.5 Å². The molecule has 5 heteroatoms. The van der Waals surface area contributed by atoms with Crippen LogP contribution in [0.25, 0.3) is 95.3 Å². The summed E-state index contributed by atoms with van der Waals surface area (Å²) in [5.74, 6) is 2.80. The van der Waals surface area contributed by atoms with Gasteiger partial charge in [0.25, 0.3) is 0 Å². The molecule has 10 rings (SSSR count). The zero-order valence-corrected chi connectivity index (χ0v) is 26.3. The molecule has 5 nitrogen and oxygen atoms in total. The zero-order chi connectivity index (χ0) is 32.3. The van der Waals surface area contributed by atoms with Crippen LogP contribution < -0.4 is 0 Å². The Bertz CT molecular complexity index is 2710. The minimum atomic E-state index is 0.623. The van der Waals surface area contributed by atoms with Crippen molar-refractivity contribution >= 4 is 21.8 Å². The van der Waals surface area contributed by atoms with E-state index in [0.717, 1.165) is 50.2 Å². The molecule has 1 aliphatic rings. The van der Waals surface area contributed by atoms with E-state index in [4.69, 9.17) is 19.9 Å². The van der Waals surface area contributed by atoms with Gasteiger partial charge in [-0.15, -0.1) is 0 Å². The van der Waals surface area contributed by atoms with Crippen molar-refractivity contribution in [2.45, 2.75) is 0 Å². The molecule has 0 N–H and O–H groups in total. The lowest BCUT2D eigenvalue weighted by atomic mass is 9.94. The zero-order valence-electron chi connectivity index (χ0n) is 26.3. The maximum Gasteiger partial charge on any atom is 0.164 e. The van der Waals surface area contributed by atoms with Crippen LogP contribution in [0.2, 0.25) is 0 Å². The number of hydrogen-bond acceptors (Lipinski definition) is 4. The average molecular weight is 626 g/mol. The van der Waals surface area contributed by atoms with Gasteiger partial charge in [-0.05, 0) is 40.1 Å². The Kier molecular flexibility index (Phi) is 6.11. The first-order chi connectivity index (χ1) is 24.3. The molecule has 0 radical (unpaired) electrons. The summed E-state index contributed by atoms with van der Waals surface area (Å²) in [4.78, 5) is 20.2. The Morgan fingerprint density at radius 3 is 1.67 bits per heavy atom. The topological polar surface area (TPSA) is 56.5 Å². The van der Waals surface area contributed by atoms with Crippen molar-refractivity contribution in [2.24, 2.45) is 0 Å². The van der Waals surface area contributed by atoms with E-state index in [1.54, 1.807) is 0 Å². The van der Waals surface area contributed by atoms with E-state index in [-0.39, 0.29) is 0 Å². The molecule has 2 aromatic heterocycles. The Hall–Kier alpha value is -6.72. The van der Waals surface area contributed by atoms with Gasteiger partial charge in [0, 0.05) is 33.4 Å². The number of para-hydroxylation sites is 2. The van der Waals surface area contributed by atoms with Gasteiger partial charge in [-0.25, -0.2) is 19.9 Å². The molecule has 228 valence electrons. The number of aromatic nitrogens is 5. The first kappa shape index (κ1) is 27.4. The van der Waals surface area contributed by atoms with Crippen molar-refractivity contribution in [2.75, 3.05) is 0 Å². The van der Waals surface area contributed by atoms with Crippen molar-refractivity contribution in [1.29, 1.82) is 0 Å². The molecule has 0 atom stereocenters. The summed E-state index contributed by atoms with van der Waals surface area (Å²) in [5.41, 5.74) is 11.8. The number of benzene rings is 7. The Labute approximate surface area is 282 Å². The number of imidazole rings is 1. The number of nitrogens with zero attached hydrogens (tertiary/aromatic N) is 5. The highest BCUT2D eigenvalue weighted by molar-refractivity contribution is 6.03. The smallest absolute Gasteiger partial charge is 0.164 e. The van der Waals surface area contributed by atoms with Gasteiger partial charge in [-0.2, -0.15) is 0 Å². The largest absolute Gasteiger partial charge is 0.291 e. The fourth-order valence-electron chi connectivity index (χ4n) is 7.07. The van der Waals surface area contributed by atoms with Crippen LogP contribution in [0.4, 0.5) is 0 Å². The van der Waals surface area contributed by atoms with E-state index in [1.807, 2.05) is 30.3 Å². The summed E-state index contributed by atoms with van der Waals surface area (Å²) in [7, 11) is 0. The van der Waals surface area contributed by atoms with Crippen molar-refractivity contribution in [3.8, 4) is 73.5 Å². The monoisotopic (exact) mass is 625 g/mol. The van der Waals surface area contributed by atoms with Gasteiger partial charge in [0.1, 0.15) is 5.82 Å². The minimum absolute atomic E-state index is 0.623. The lowest BCUT2D eigenvalue weighted by Crippen LogP contribution is -2.01. The molecule has 0 saturated carbocycles. The molecule has 0 aliphatic carbocycles. The molecular weight excluding hydrogens is 599 g/mol. The standard InChI is InChI=1S/C44H27N5/c1-2-12-29(13-3-1)41-46-42(48-43(47-41)33-26-21-28-11-4-5-14-32(28)27-33)30-22-24-31(25-23-30)44-45-38-19-10-18-37-35-16-7-6-15-34(35)36-17-8-9-20-39(36)49(44)40(37)38/h1-27H. The predicted octanol–water partition coefficient (Wildman–Crippen LogP) is 10.7. The summed E-state index contributed by atoms with van der Waals surface area (Å²) >= 11 is 0. The van der Waals surface area contributed by atoms with Crippen LogP contribution in [-0.4, -0.2) is 24.5 Å². The van der Waals surface area contributed by atoms with E-state index >= 15 is 0 Å². The fraction of sp³-hybridized carbons (Fsp3) is 0. The summed E-state index contributed by atoms with van der Waals surface area (Å²) in [6, 6.07) is 56.9. The van der Waals surface area contributed by atoms with Crippen LogP contribution in [0.15, 0.2) is 164 Å². The second-order valence-corrected chi connectivity index (χ2v) is 12.3. The molecule has 0 bridgehead atoms. The van der Waals surface area contributed by atoms with Crippen LogP contribution >= 0.6 is 0 Å². The lowest BCUT2D eigenvalue weighted by Gasteiger charge is -2.13. The summed E-state index contributed by atoms with van der Waals surface area (Å²) in [6.07, 6.45) is 0. The number of hydrogen-bond donors (Lipinski definition) is 0. The van der Waals surface area contributed by atoms with Crippen LogP contribution in [-0.2, 0) is 0 Å². The Morgan fingerprint density at radius 1 is 0.347 bits per heavy atom. The molecule has 0 fully saturated rings. The second kappa shape index (κ2) is 10.9. The highest BCUT2D eigenvalue weighted by Crippen LogP contribution is 2.45. The minimum Gasteiger partial charge on any atom is -0.291 e. The molecule has 1 aliphatic heterocycles. The summed E-state index contributed by atoms with van der Waals surface area (Å²) < 4.78 is 2.32. The quantitative estimate of drug-likeness (QED) is 0.195. The maximum absolute atomic E-state index is 5.22. The van der Waals surface area contributed by atoms with Gasteiger partial charge in [-0.1, -0.05) is 146 Å². The number of fused-ring (bicyclic) bond motifs is 6. The summed E-state index contributed by atoms with van der Waals surface area (Å²) in [5, 5.41) is 2.33. The van der Waals surface area contributed by atoms with E-state index in [1.165, 1.54) is 27.6 Å². The molecular formula is C44H27N5. The van der Waals surface area contributed by atoms with Crippen LogP contribution in [0.5, 0.6) is 0 Å². The van der Waals surface area contributed by atoms with Crippen LogP contribution in [0.3, 0.4) is 0 Å². The molecule has 7 aromatic carbocycles. The molecule has 0 saturated heterocycles. The average Bonchev–Trinajstić information content (AvgIpc) is 3.52. The van der Waals surface area contributed by atoms with E-state index in [9.17, 15) is 0 Å². The number of rotatable bonds is 4. The van der Waals surface area contributed by atoms with Gasteiger partial charge in [0.05, 0.1) is 16.7 Å². The molecule has 49 heavy (non-hydrogen) atoms. The molecule has 9 aromatic rings. The van der Waals surface area contributed by atoms with Gasteiger partial charge in [0.15, 0.2) is 17.5 Å². The molecule has 0 amide bonds. The maximum atomic E-state index is 5.22. The third-order valence-electron chi connectivity index (χ3n) is 9.41. The van der Waals surface area contributed by atoms with Gasteiger partial charge in [0.2, 0.25) is 0 Å². The Balaban J connectivity index is 1.12. The fourth-order valence-corrected chi connectivity index (χ4v) is 7.07.